The Labute approximate surface area is 97.8 Å². The second-order valence-electron chi connectivity index (χ2n) is 3.04. The number of azo groups is 1. The van der Waals surface area contributed by atoms with Crippen LogP contribution in [0.25, 0.3) is 10.9 Å². The van der Waals surface area contributed by atoms with Gasteiger partial charge in [-0.1, -0.05) is 12.1 Å². The molecular formula is C9H3IN4O. The molecule has 2 heterocycles. The van der Waals surface area contributed by atoms with Crippen LogP contribution < -0.4 is 0 Å². The molecule has 0 unspecified atom stereocenters. The second-order valence-corrected chi connectivity index (χ2v) is 4.20. The minimum Gasteiger partial charge on any atom is -0.263 e. The van der Waals surface area contributed by atoms with E-state index in [4.69, 9.17) is 0 Å². The van der Waals surface area contributed by atoms with Gasteiger partial charge >= 0.3 is 5.91 Å². The standard InChI is InChI=1S/C9H3IN4O/c10-5-3-1-2-4-6(5)11-13-8-7(4)12-14-9(8)15/h1-3H. The molecule has 1 aromatic carbocycles. The molecule has 0 saturated carbocycles. The SMILES string of the molecule is O=C1N=Nc2c1nnc1c(I)cccc21. The maximum Gasteiger partial charge on any atom is 0.318 e. The van der Waals surface area contributed by atoms with Gasteiger partial charge in [0.15, 0.2) is 5.69 Å². The summed E-state index contributed by atoms with van der Waals surface area (Å²) in [5.74, 6) is -0.418. The average Bonchev–Trinajstić information content (AvgIpc) is 2.61. The highest BCUT2D eigenvalue weighted by molar-refractivity contribution is 14.1. The largest absolute Gasteiger partial charge is 0.318 e. The maximum absolute atomic E-state index is 11.2. The number of nitrogens with zero attached hydrogens (tertiary/aromatic N) is 4. The van der Waals surface area contributed by atoms with Crippen LogP contribution in [0.5, 0.6) is 0 Å². The number of carbonyl (C=O) groups excluding carboxylic acids is 1. The highest BCUT2D eigenvalue weighted by atomic mass is 127. The third kappa shape index (κ3) is 1.17. The van der Waals surface area contributed by atoms with Crippen LogP contribution in [0, 0.1) is 3.57 Å². The lowest BCUT2D eigenvalue weighted by Crippen LogP contribution is -1.97. The van der Waals surface area contributed by atoms with Crippen molar-refractivity contribution in [1.82, 2.24) is 10.2 Å². The zero-order chi connectivity index (χ0) is 10.4. The normalized spacial score (nSPS) is 13.5. The summed E-state index contributed by atoms with van der Waals surface area (Å²) in [5.41, 5.74) is 1.53. The lowest BCUT2D eigenvalue weighted by atomic mass is 10.2. The number of hydrogen-bond donors (Lipinski definition) is 0. The van der Waals surface area contributed by atoms with Gasteiger partial charge in [0.2, 0.25) is 0 Å². The van der Waals surface area contributed by atoms with E-state index >= 15 is 0 Å². The van der Waals surface area contributed by atoms with Crippen molar-refractivity contribution in [3.63, 3.8) is 0 Å². The Morgan fingerprint density at radius 1 is 1.13 bits per heavy atom. The van der Waals surface area contributed by atoms with Crippen molar-refractivity contribution in [3.05, 3.63) is 27.5 Å². The number of hydrogen-bond acceptors (Lipinski definition) is 4. The zero-order valence-electron chi connectivity index (χ0n) is 7.31. The fourth-order valence-electron chi connectivity index (χ4n) is 1.47. The fraction of sp³-hybridized carbons (Fsp3) is 0. The Morgan fingerprint density at radius 3 is 2.87 bits per heavy atom. The molecule has 6 heteroatoms. The van der Waals surface area contributed by atoms with E-state index in [1.807, 2.05) is 18.2 Å². The van der Waals surface area contributed by atoms with E-state index in [-0.39, 0.29) is 5.69 Å². The molecule has 72 valence electrons. The first-order valence-corrected chi connectivity index (χ1v) is 5.26. The minimum absolute atomic E-state index is 0.240. The lowest BCUT2D eigenvalue weighted by Gasteiger charge is -2.00. The molecule has 0 atom stereocenters. The maximum atomic E-state index is 11.2. The summed E-state index contributed by atoms with van der Waals surface area (Å²) in [5, 5.41) is 15.9. The van der Waals surface area contributed by atoms with Crippen molar-refractivity contribution < 1.29 is 4.79 Å². The van der Waals surface area contributed by atoms with Crippen LogP contribution in [-0.2, 0) is 0 Å². The molecule has 5 nitrogen and oxygen atoms in total. The Morgan fingerprint density at radius 2 is 2.00 bits per heavy atom. The van der Waals surface area contributed by atoms with Gasteiger partial charge in [0, 0.05) is 8.96 Å². The van der Waals surface area contributed by atoms with Crippen LogP contribution in [0.15, 0.2) is 28.4 Å². The first-order chi connectivity index (χ1) is 7.27. The molecule has 0 aliphatic carbocycles. The predicted octanol–water partition coefficient (Wildman–Crippen LogP) is 2.47. The molecule has 0 spiro atoms. The first kappa shape index (κ1) is 8.84. The minimum atomic E-state index is -0.418. The van der Waals surface area contributed by atoms with Crippen LogP contribution in [0.2, 0.25) is 0 Å². The van der Waals surface area contributed by atoms with Crippen LogP contribution in [-0.4, -0.2) is 16.1 Å². The summed E-state index contributed by atoms with van der Waals surface area (Å²) >= 11 is 2.17. The molecule has 0 radical (unpaired) electrons. The number of halogens is 1. The van der Waals surface area contributed by atoms with E-state index in [9.17, 15) is 4.79 Å². The van der Waals surface area contributed by atoms with Gasteiger partial charge in [-0.15, -0.1) is 20.4 Å². The fourth-order valence-corrected chi connectivity index (χ4v) is 2.08. The summed E-state index contributed by atoms with van der Waals surface area (Å²) in [6.07, 6.45) is 0. The van der Waals surface area contributed by atoms with Crippen LogP contribution in [0.1, 0.15) is 10.5 Å². The molecular weight excluding hydrogens is 307 g/mol. The van der Waals surface area contributed by atoms with Gasteiger partial charge in [0.1, 0.15) is 11.2 Å². The van der Waals surface area contributed by atoms with Gasteiger partial charge in [-0.05, 0) is 28.7 Å². The van der Waals surface area contributed by atoms with Crippen molar-refractivity contribution in [2.45, 2.75) is 0 Å². The lowest BCUT2D eigenvalue weighted by molar-refractivity contribution is 0.0997. The summed E-state index contributed by atoms with van der Waals surface area (Å²) in [7, 11) is 0. The van der Waals surface area contributed by atoms with Gasteiger partial charge in [-0.2, -0.15) is 0 Å². The highest BCUT2D eigenvalue weighted by Gasteiger charge is 2.22. The summed E-state index contributed by atoms with van der Waals surface area (Å²) in [6, 6.07) is 5.69. The molecule has 2 aromatic rings. The number of amides is 1. The van der Waals surface area contributed by atoms with Crippen LogP contribution in [0.3, 0.4) is 0 Å². The molecule has 3 rings (SSSR count). The van der Waals surface area contributed by atoms with Crippen LogP contribution in [0.4, 0.5) is 5.69 Å². The third-order valence-electron chi connectivity index (χ3n) is 2.16. The molecule has 1 aromatic heterocycles. The zero-order valence-corrected chi connectivity index (χ0v) is 9.46. The van der Waals surface area contributed by atoms with Gasteiger partial charge in [0.25, 0.3) is 0 Å². The van der Waals surface area contributed by atoms with E-state index in [0.717, 1.165) is 14.5 Å². The number of carbonyl (C=O) groups is 1. The van der Waals surface area contributed by atoms with Crippen molar-refractivity contribution in [2.75, 3.05) is 0 Å². The Kier molecular flexibility index (Phi) is 1.78. The van der Waals surface area contributed by atoms with Crippen molar-refractivity contribution in [3.8, 4) is 0 Å². The number of benzene rings is 1. The Bertz CT molecular complexity index is 623. The molecule has 0 N–H and O–H groups in total. The Balaban J connectivity index is 2.50. The molecule has 1 aliphatic rings. The van der Waals surface area contributed by atoms with E-state index in [1.165, 1.54) is 0 Å². The van der Waals surface area contributed by atoms with E-state index in [0.29, 0.717) is 5.69 Å². The summed E-state index contributed by atoms with van der Waals surface area (Å²) in [4.78, 5) is 11.2. The molecule has 15 heavy (non-hydrogen) atoms. The van der Waals surface area contributed by atoms with E-state index in [2.05, 4.69) is 43.0 Å². The van der Waals surface area contributed by atoms with Crippen molar-refractivity contribution >= 4 is 45.1 Å². The molecule has 1 aliphatic heterocycles. The third-order valence-corrected chi connectivity index (χ3v) is 3.03. The van der Waals surface area contributed by atoms with Gasteiger partial charge in [-0.25, -0.2) is 0 Å². The predicted molar refractivity (Wildman–Crippen MR) is 61.1 cm³/mol. The number of fused-ring (bicyclic) bond motifs is 3. The van der Waals surface area contributed by atoms with E-state index in [1.54, 1.807) is 0 Å². The smallest absolute Gasteiger partial charge is 0.263 e. The summed E-state index contributed by atoms with van der Waals surface area (Å²) in [6.45, 7) is 0. The highest BCUT2D eigenvalue weighted by Crippen LogP contribution is 2.33. The van der Waals surface area contributed by atoms with E-state index < -0.39 is 5.91 Å². The second kappa shape index (κ2) is 3.02. The van der Waals surface area contributed by atoms with Crippen molar-refractivity contribution in [1.29, 1.82) is 0 Å². The summed E-state index contributed by atoms with van der Waals surface area (Å²) < 4.78 is 0.981. The molecule has 0 fully saturated rings. The first-order valence-electron chi connectivity index (χ1n) is 4.18. The topological polar surface area (TPSA) is 67.6 Å². The number of aromatic nitrogens is 2. The van der Waals surface area contributed by atoms with Crippen LogP contribution >= 0.6 is 22.6 Å². The monoisotopic (exact) mass is 310 g/mol. The van der Waals surface area contributed by atoms with Gasteiger partial charge in [0.05, 0.1) is 0 Å². The van der Waals surface area contributed by atoms with Gasteiger partial charge in [-0.3, -0.25) is 4.79 Å². The average molecular weight is 310 g/mol. The van der Waals surface area contributed by atoms with Gasteiger partial charge < -0.3 is 0 Å². The number of rotatable bonds is 0. The molecule has 1 amide bonds. The van der Waals surface area contributed by atoms with Crippen molar-refractivity contribution in [2.24, 2.45) is 10.2 Å². The molecule has 0 saturated heterocycles. The molecule has 0 bridgehead atoms. The Hall–Kier alpha value is -1.44. The quantitative estimate of drug-likeness (QED) is 0.702.